The molecule has 0 fully saturated rings. The first-order chi connectivity index (χ1) is 14.9. The monoisotopic (exact) mass is 416 g/mol. The fourth-order valence-corrected chi connectivity index (χ4v) is 3.34. The summed E-state index contributed by atoms with van der Waals surface area (Å²) < 4.78 is 5.44. The summed E-state index contributed by atoms with van der Waals surface area (Å²) in [5.41, 5.74) is 3.02. The lowest BCUT2D eigenvalue weighted by atomic mass is 10.1. The van der Waals surface area contributed by atoms with Crippen molar-refractivity contribution in [2.45, 2.75) is 13.8 Å². The fraction of sp³-hybridized carbons (Fsp3) is 0.231. The van der Waals surface area contributed by atoms with E-state index in [0.29, 0.717) is 5.58 Å². The molecular formula is C26H28N2O3. The van der Waals surface area contributed by atoms with E-state index in [1.54, 1.807) is 18.2 Å². The molecule has 5 nitrogen and oxygen atoms in total. The predicted octanol–water partition coefficient (Wildman–Crippen LogP) is 5.16. The highest BCUT2D eigenvalue weighted by molar-refractivity contribution is 6.06. The van der Waals surface area contributed by atoms with Gasteiger partial charge in [0.05, 0.1) is 0 Å². The number of ketones is 1. The van der Waals surface area contributed by atoms with Crippen molar-refractivity contribution in [3.63, 3.8) is 0 Å². The van der Waals surface area contributed by atoms with E-state index in [1.165, 1.54) is 6.08 Å². The topological polar surface area (TPSA) is 53.8 Å². The molecule has 0 unspecified atom stereocenters. The Hall–Kier alpha value is -3.60. The lowest BCUT2D eigenvalue weighted by Crippen LogP contribution is -2.21. The highest BCUT2D eigenvalue weighted by Gasteiger charge is 2.12. The Balaban J connectivity index is 1.76. The van der Waals surface area contributed by atoms with Crippen LogP contribution in [0.2, 0.25) is 0 Å². The summed E-state index contributed by atoms with van der Waals surface area (Å²) in [5, 5.41) is 0.726. The van der Waals surface area contributed by atoms with Crippen LogP contribution in [0.5, 0.6) is 0 Å². The molecule has 0 atom stereocenters. The molecule has 0 amide bonds. The van der Waals surface area contributed by atoms with Crippen molar-refractivity contribution in [1.82, 2.24) is 0 Å². The van der Waals surface area contributed by atoms with Gasteiger partial charge in [-0.25, -0.2) is 4.79 Å². The minimum Gasteiger partial charge on any atom is -0.422 e. The zero-order valence-corrected chi connectivity index (χ0v) is 18.5. The summed E-state index contributed by atoms with van der Waals surface area (Å²) in [4.78, 5) is 29.1. The number of hydrogen-bond acceptors (Lipinski definition) is 5. The maximum Gasteiger partial charge on any atom is 0.347 e. The van der Waals surface area contributed by atoms with Crippen molar-refractivity contribution in [3.8, 4) is 0 Å². The molecule has 0 radical (unpaired) electrons. The standard InChI is InChI=1S/C26H28N2O3/c1-5-28(6-2)22-16-13-20-17-23(26(30)31-25(20)18-22)24(29)10-8-7-9-19-11-14-21(15-12-19)27(3)4/h7-18H,5-6H2,1-4H3/b9-7+,10-8+. The van der Waals surface area contributed by atoms with Crippen molar-refractivity contribution < 1.29 is 9.21 Å². The van der Waals surface area contributed by atoms with Gasteiger partial charge in [0.2, 0.25) is 0 Å². The molecule has 5 heteroatoms. The zero-order chi connectivity index (χ0) is 22.4. The van der Waals surface area contributed by atoms with Crippen molar-refractivity contribution >= 4 is 34.2 Å². The quantitative estimate of drug-likeness (QED) is 0.220. The molecule has 0 bridgehead atoms. The van der Waals surface area contributed by atoms with Gasteiger partial charge in [0.1, 0.15) is 11.1 Å². The number of nitrogens with zero attached hydrogens (tertiary/aromatic N) is 2. The van der Waals surface area contributed by atoms with Crippen molar-refractivity contribution in [2.75, 3.05) is 37.0 Å². The van der Waals surface area contributed by atoms with E-state index in [0.717, 1.165) is 35.4 Å². The second-order valence-electron chi connectivity index (χ2n) is 7.41. The Bertz CT molecular complexity index is 1170. The molecule has 3 rings (SSSR count). The first-order valence-electron chi connectivity index (χ1n) is 10.4. The third kappa shape index (κ3) is 5.31. The van der Waals surface area contributed by atoms with Gasteiger partial charge in [-0.1, -0.05) is 30.4 Å². The van der Waals surface area contributed by atoms with Crippen LogP contribution >= 0.6 is 0 Å². The average Bonchev–Trinajstić information content (AvgIpc) is 2.77. The van der Waals surface area contributed by atoms with Gasteiger partial charge in [-0.2, -0.15) is 0 Å². The number of fused-ring (bicyclic) bond motifs is 1. The Labute approximate surface area is 182 Å². The third-order valence-corrected chi connectivity index (χ3v) is 5.17. The van der Waals surface area contributed by atoms with Gasteiger partial charge in [0.25, 0.3) is 0 Å². The second-order valence-corrected chi connectivity index (χ2v) is 7.41. The minimum absolute atomic E-state index is 0.0306. The van der Waals surface area contributed by atoms with Crippen LogP contribution in [-0.2, 0) is 0 Å². The van der Waals surface area contributed by atoms with E-state index in [9.17, 15) is 9.59 Å². The molecular weight excluding hydrogens is 388 g/mol. The second kappa shape index (κ2) is 9.94. The summed E-state index contributed by atoms with van der Waals surface area (Å²) in [6.45, 7) is 5.87. The highest BCUT2D eigenvalue weighted by atomic mass is 16.4. The molecule has 0 aliphatic carbocycles. The molecule has 1 aromatic heterocycles. The Morgan fingerprint density at radius 3 is 2.26 bits per heavy atom. The van der Waals surface area contributed by atoms with Crippen LogP contribution in [-0.4, -0.2) is 33.0 Å². The maximum absolute atomic E-state index is 12.5. The SMILES string of the molecule is CCN(CC)c1ccc2cc(C(=O)/C=C/C=C/c3ccc(N(C)C)cc3)c(=O)oc2c1. The number of hydrogen-bond donors (Lipinski definition) is 0. The van der Waals surface area contributed by atoms with Gasteiger partial charge in [0, 0.05) is 50.0 Å². The molecule has 1 heterocycles. The van der Waals surface area contributed by atoms with Crippen molar-refractivity contribution in [1.29, 1.82) is 0 Å². The molecule has 160 valence electrons. The van der Waals surface area contributed by atoms with Crippen LogP contribution in [0.25, 0.3) is 17.0 Å². The third-order valence-electron chi connectivity index (χ3n) is 5.17. The molecule has 0 saturated carbocycles. The first-order valence-corrected chi connectivity index (χ1v) is 10.4. The number of carbonyl (C=O) groups is 1. The van der Waals surface area contributed by atoms with Crippen LogP contribution in [0.15, 0.2) is 76.0 Å². The molecule has 31 heavy (non-hydrogen) atoms. The van der Waals surface area contributed by atoms with Crippen molar-refractivity contribution in [2.24, 2.45) is 0 Å². The zero-order valence-electron chi connectivity index (χ0n) is 18.5. The van der Waals surface area contributed by atoms with E-state index >= 15 is 0 Å². The van der Waals surface area contributed by atoms with Gasteiger partial charge in [-0.3, -0.25) is 4.79 Å². The molecule has 0 spiro atoms. The smallest absolute Gasteiger partial charge is 0.347 e. The van der Waals surface area contributed by atoms with Gasteiger partial charge >= 0.3 is 5.63 Å². The molecule has 0 N–H and O–H groups in total. The minimum atomic E-state index is -0.623. The lowest BCUT2D eigenvalue weighted by molar-refractivity contribution is 0.104. The summed E-state index contributed by atoms with van der Waals surface area (Å²) in [5.74, 6) is -0.379. The first kappa shape index (κ1) is 22.1. The summed E-state index contributed by atoms with van der Waals surface area (Å²) in [7, 11) is 3.99. The summed E-state index contributed by atoms with van der Waals surface area (Å²) in [6, 6.07) is 15.4. The molecule has 2 aromatic carbocycles. The molecule has 3 aromatic rings. The molecule has 0 aliphatic heterocycles. The number of carbonyl (C=O) groups excluding carboxylic acids is 1. The fourth-order valence-electron chi connectivity index (χ4n) is 3.34. The Morgan fingerprint density at radius 1 is 0.935 bits per heavy atom. The maximum atomic E-state index is 12.5. The van der Waals surface area contributed by atoms with Gasteiger partial charge in [-0.15, -0.1) is 0 Å². The van der Waals surface area contributed by atoms with Crippen LogP contribution in [0.3, 0.4) is 0 Å². The van der Waals surface area contributed by atoms with E-state index in [-0.39, 0.29) is 11.3 Å². The number of rotatable bonds is 8. The number of anilines is 2. The number of benzene rings is 2. The van der Waals surface area contributed by atoms with Crippen LogP contribution in [0.1, 0.15) is 29.8 Å². The van der Waals surface area contributed by atoms with E-state index in [4.69, 9.17) is 4.42 Å². The van der Waals surface area contributed by atoms with Gasteiger partial charge < -0.3 is 14.2 Å². The van der Waals surface area contributed by atoms with E-state index in [1.807, 2.05) is 67.5 Å². The Kier molecular flexibility index (Phi) is 7.08. The van der Waals surface area contributed by atoms with Gasteiger partial charge in [0.15, 0.2) is 5.78 Å². The van der Waals surface area contributed by atoms with E-state index < -0.39 is 5.63 Å². The lowest BCUT2D eigenvalue weighted by Gasteiger charge is -2.20. The molecule has 0 saturated heterocycles. The van der Waals surface area contributed by atoms with Gasteiger partial charge in [-0.05, 0) is 55.8 Å². The predicted molar refractivity (Wildman–Crippen MR) is 129 cm³/mol. The number of allylic oxidation sites excluding steroid dienone is 3. The van der Waals surface area contributed by atoms with Crippen LogP contribution in [0, 0.1) is 0 Å². The average molecular weight is 417 g/mol. The molecule has 0 aliphatic rings. The van der Waals surface area contributed by atoms with E-state index in [2.05, 4.69) is 18.7 Å². The highest BCUT2D eigenvalue weighted by Crippen LogP contribution is 2.22. The normalized spacial score (nSPS) is 11.5. The largest absolute Gasteiger partial charge is 0.422 e. The Morgan fingerprint density at radius 2 is 1.61 bits per heavy atom. The van der Waals surface area contributed by atoms with Crippen molar-refractivity contribution in [3.05, 3.63) is 88.3 Å². The van der Waals surface area contributed by atoms with Crippen LogP contribution in [0.4, 0.5) is 11.4 Å². The van der Waals surface area contributed by atoms with Crippen LogP contribution < -0.4 is 15.4 Å². The summed E-state index contributed by atoms with van der Waals surface area (Å²) >= 11 is 0. The summed E-state index contributed by atoms with van der Waals surface area (Å²) in [6.07, 6.45) is 6.70.